The van der Waals surface area contributed by atoms with Gasteiger partial charge in [-0.05, 0) is 41.1 Å². The van der Waals surface area contributed by atoms with Gasteiger partial charge in [0.05, 0.1) is 17.1 Å². The van der Waals surface area contributed by atoms with E-state index in [0.717, 1.165) is 0 Å². The molecule has 0 bridgehead atoms. The Labute approximate surface area is 107 Å². The lowest BCUT2D eigenvalue weighted by Crippen LogP contribution is -2.24. The third kappa shape index (κ3) is 3.77. The van der Waals surface area contributed by atoms with Crippen LogP contribution in [0.25, 0.3) is 0 Å². The van der Waals surface area contributed by atoms with Crippen molar-refractivity contribution < 1.29 is 18.0 Å². The van der Waals surface area contributed by atoms with E-state index in [2.05, 4.69) is 21.4 Å². The number of hydrogen-bond acceptors (Lipinski definition) is 4. The number of carbonyl (C=O) groups is 1. The molecule has 1 rings (SSSR count). The van der Waals surface area contributed by atoms with Gasteiger partial charge in [-0.2, -0.15) is 0 Å². The van der Waals surface area contributed by atoms with Gasteiger partial charge < -0.3 is 0 Å². The summed E-state index contributed by atoms with van der Waals surface area (Å²) in [6.45, 7) is 2.01. The predicted octanol–water partition coefficient (Wildman–Crippen LogP) is 0.778. The zero-order valence-corrected chi connectivity index (χ0v) is 11.3. The molecule has 1 aromatic carbocycles. The first-order chi connectivity index (χ1) is 7.86. The highest BCUT2D eigenvalue weighted by atomic mass is 79.9. The number of rotatable bonds is 4. The van der Waals surface area contributed by atoms with Gasteiger partial charge in [0.2, 0.25) is 10.0 Å². The van der Waals surface area contributed by atoms with E-state index in [0.29, 0.717) is 11.1 Å². The van der Waals surface area contributed by atoms with Crippen LogP contribution in [0.15, 0.2) is 27.6 Å². The number of nitrogens with one attached hydrogen (secondary N) is 1. The fourth-order valence-electron chi connectivity index (χ4n) is 1.05. The summed E-state index contributed by atoms with van der Waals surface area (Å²) in [6.07, 6.45) is 0. The molecule has 0 heterocycles. The maximum absolute atomic E-state index is 11.6. The summed E-state index contributed by atoms with van der Waals surface area (Å²) < 4.78 is 22.7. The van der Waals surface area contributed by atoms with E-state index < -0.39 is 15.9 Å². The Morgan fingerprint density at radius 3 is 2.71 bits per heavy atom. The summed E-state index contributed by atoms with van der Waals surface area (Å²) in [5, 5.41) is 4.97. The van der Waals surface area contributed by atoms with Gasteiger partial charge in [0.1, 0.15) is 0 Å². The van der Waals surface area contributed by atoms with Crippen molar-refractivity contribution in [2.45, 2.75) is 11.8 Å². The molecule has 0 spiro atoms. The van der Waals surface area contributed by atoms with Crippen LogP contribution in [0.4, 0.5) is 0 Å². The smallest absolute Gasteiger partial charge is 0.274 e. The maximum atomic E-state index is 11.6. The number of nitrogens with two attached hydrogens (primary N) is 1. The lowest BCUT2D eigenvalue weighted by molar-refractivity contribution is 0.0363. The van der Waals surface area contributed by atoms with Gasteiger partial charge in [0.25, 0.3) is 5.91 Å². The van der Waals surface area contributed by atoms with Gasteiger partial charge in [0.15, 0.2) is 0 Å². The fourth-order valence-corrected chi connectivity index (χ4v) is 2.01. The van der Waals surface area contributed by atoms with Gasteiger partial charge >= 0.3 is 0 Å². The molecule has 8 heteroatoms. The van der Waals surface area contributed by atoms with E-state index in [1.54, 1.807) is 6.92 Å². The Balaban J connectivity index is 3.11. The number of sulfonamides is 1. The van der Waals surface area contributed by atoms with E-state index in [4.69, 9.17) is 9.98 Å². The molecule has 0 saturated carbocycles. The van der Waals surface area contributed by atoms with Crippen molar-refractivity contribution in [2.75, 3.05) is 6.61 Å². The second kappa shape index (κ2) is 5.58. The quantitative estimate of drug-likeness (QED) is 0.800. The Morgan fingerprint density at radius 2 is 2.18 bits per heavy atom. The van der Waals surface area contributed by atoms with Crippen LogP contribution in [-0.2, 0) is 14.9 Å². The van der Waals surface area contributed by atoms with Crippen LogP contribution < -0.4 is 10.6 Å². The van der Waals surface area contributed by atoms with Crippen LogP contribution in [-0.4, -0.2) is 20.9 Å². The summed E-state index contributed by atoms with van der Waals surface area (Å²) in [4.78, 5) is 16.2. The second-order valence-corrected chi connectivity index (χ2v) is 5.47. The normalized spacial score (nSPS) is 11.2. The van der Waals surface area contributed by atoms with Gasteiger partial charge in [-0.15, -0.1) is 0 Å². The van der Waals surface area contributed by atoms with Crippen molar-refractivity contribution in [3.63, 3.8) is 0 Å². The van der Waals surface area contributed by atoms with Gasteiger partial charge in [-0.3, -0.25) is 9.63 Å². The van der Waals surface area contributed by atoms with Crippen molar-refractivity contribution in [1.82, 2.24) is 5.48 Å². The fraction of sp³-hybridized carbons (Fsp3) is 0.222. The summed E-state index contributed by atoms with van der Waals surface area (Å²) in [7, 11) is -3.84. The third-order valence-electron chi connectivity index (χ3n) is 1.82. The number of hydrogen-bond donors (Lipinski definition) is 2. The van der Waals surface area contributed by atoms with E-state index >= 15 is 0 Å². The molecule has 6 nitrogen and oxygen atoms in total. The average molecular weight is 323 g/mol. The lowest BCUT2D eigenvalue weighted by Gasteiger charge is -2.07. The predicted molar refractivity (Wildman–Crippen MR) is 64.6 cm³/mol. The average Bonchev–Trinajstić information content (AvgIpc) is 2.24. The Morgan fingerprint density at radius 1 is 1.53 bits per heavy atom. The Hall–Kier alpha value is -0.960. The monoisotopic (exact) mass is 322 g/mol. The molecule has 0 atom stereocenters. The standard InChI is InChI=1S/C9H11BrN2O4S/c1-2-16-12-9(13)7-5-6(17(11,14)15)3-4-8(7)10/h3-5H,2H2,1H3,(H,12,13)(H2,11,14,15). The van der Waals surface area contributed by atoms with E-state index in [1.807, 2.05) is 0 Å². The highest BCUT2D eigenvalue weighted by Crippen LogP contribution is 2.20. The number of primary sulfonamides is 1. The Bertz CT molecular complexity index is 530. The third-order valence-corrected chi connectivity index (χ3v) is 3.42. The van der Waals surface area contributed by atoms with Crippen molar-refractivity contribution in [1.29, 1.82) is 0 Å². The number of amides is 1. The van der Waals surface area contributed by atoms with Gasteiger partial charge in [-0.25, -0.2) is 19.0 Å². The second-order valence-electron chi connectivity index (χ2n) is 3.05. The molecule has 0 aliphatic rings. The SMILES string of the molecule is CCONC(=O)c1cc(S(N)(=O)=O)ccc1Br. The molecule has 1 aromatic rings. The van der Waals surface area contributed by atoms with Gasteiger partial charge in [-0.1, -0.05) is 0 Å². The highest BCUT2D eigenvalue weighted by molar-refractivity contribution is 9.10. The Kier molecular flexibility index (Phi) is 4.63. The van der Waals surface area contributed by atoms with Crippen LogP contribution >= 0.6 is 15.9 Å². The molecule has 0 aliphatic carbocycles. The van der Waals surface area contributed by atoms with Crippen molar-refractivity contribution in [3.8, 4) is 0 Å². The van der Waals surface area contributed by atoms with Crippen molar-refractivity contribution in [3.05, 3.63) is 28.2 Å². The molecular weight excluding hydrogens is 312 g/mol. The molecular formula is C9H11BrN2O4S. The van der Waals surface area contributed by atoms with Crippen molar-refractivity contribution in [2.24, 2.45) is 5.14 Å². The first kappa shape index (κ1) is 14.1. The van der Waals surface area contributed by atoms with Crippen LogP contribution in [0.3, 0.4) is 0 Å². The zero-order chi connectivity index (χ0) is 13.1. The number of halogens is 1. The van der Waals surface area contributed by atoms with Crippen molar-refractivity contribution >= 4 is 31.9 Å². The molecule has 94 valence electrons. The number of benzene rings is 1. The maximum Gasteiger partial charge on any atom is 0.276 e. The minimum absolute atomic E-state index is 0.130. The molecule has 1 amide bonds. The molecule has 17 heavy (non-hydrogen) atoms. The molecule has 0 unspecified atom stereocenters. The van der Waals surface area contributed by atoms with Crippen LogP contribution in [0.1, 0.15) is 17.3 Å². The van der Waals surface area contributed by atoms with Crippen LogP contribution in [0.2, 0.25) is 0 Å². The summed E-state index contributed by atoms with van der Waals surface area (Å²) in [5.41, 5.74) is 2.29. The molecule has 0 aromatic heterocycles. The highest BCUT2D eigenvalue weighted by Gasteiger charge is 2.15. The molecule has 0 radical (unpaired) electrons. The molecule has 3 N–H and O–H groups in total. The van der Waals surface area contributed by atoms with Crippen LogP contribution in [0.5, 0.6) is 0 Å². The topological polar surface area (TPSA) is 98.5 Å². The summed E-state index contributed by atoms with van der Waals surface area (Å²) in [5.74, 6) is -0.552. The molecule has 0 saturated heterocycles. The lowest BCUT2D eigenvalue weighted by atomic mass is 10.2. The van der Waals surface area contributed by atoms with Crippen LogP contribution in [0, 0.1) is 0 Å². The first-order valence-electron chi connectivity index (χ1n) is 4.60. The minimum Gasteiger partial charge on any atom is -0.274 e. The summed E-state index contributed by atoms with van der Waals surface area (Å²) in [6, 6.07) is 3.91. The zero-order valence-electron chi connectivity index (χ0n) is 8.94. The van der Waals surface area contributed by atoms with E-state index in [9.17, 15) is 13.2 Å². The number of hydroxylamine groups is 1. The van der Waals surface area contributed by atoms with E-state index in [1.165, 1.54) is 18.2 Å². The summed E-state index contributed by atoms with van der Waals surface area (Å²) >= 11 is 3.14. The number of carbonyl (C=O) groups excluding carboxylic acids is 1. The minimum atomic E-state index is -3.84. The van der Waals surface area contributed by atoms with Gasteiger partial charge in [0, 0.05) is 4.47 Å². The van der Waals surface area contributed by atoms with E-state index in [-0.39, 0.29) is 10.5 Å². The molecule has 0 fully saturated rings. The first-order valence-corrected chi connectivity index (χ1v) is 6.94. The molecule has 0 aliphatic heterocycles. The largest absolute Gasteiger partial charge is 0.276 e.